The van der Waals surface area contributed by atoms with Gasteiger partial charge in [-0.15, -0.1) is 0 Å². The topological polar surface area (TPSA) is 44.3 Å². The molecular formula is C5H14N2O. The first-order chi connectivity index (χ1) is 4.00. The molecule has 0 amide bonds. The van der Waals surface area contributed by atoms with Crippen LogP contribution in [-0.4, -0.2) is 38.4 Å². The summed E-state index contributed by atoms with van der Waals surface area (Å²) < 4.78 is 0. The van der Waals surface area contributed by atoms with E-state index >= 15 is 0 Å². The Morgan fingerprint density at radius 2 is 1.12 bits per heavy atom. The van der Waals surface area contributed by atoms with E-state index in [4.69, 9.17) is 5.11 Å². The van der Waals surface area contributed by atoms with Crippen molar-refractivity contribution in [3.05, 3.63) is 0 Å². The summed E-state index contributed by atoms with van der Waals surface area (Å²) in [5, 5.41) is 13.4. The third-order valence-corrected chi connectivity index (χ3v) is 0.957. The van der Waals surface area contributed by atoms with E-state index in [1.807, 2.05) is 0 Å². The number of aliphatic hydroxyl groups is 1. The molecule has 0 spiro atoms. The van der Waals surface area contributed by atoms with Crippen molar-refractivity contribution in [2.45, 2.75) is 0 Å². The van der Waals surface area contributed by atoms with Gasteiger partial charge >= 0.3 is 0 Å². The molecular weight excluding hydrogens is 104 g/mol. The fraction of sp³-hybridized carbons (Fsp3) is 1.00. The second-order valence-electron chi connectivity index (χ2n) is 1.50. The van der Waals surface area contributed by atoms with Gasteiger partial charge in [-0.25, -0.2) is 0 Å². The van der Waals surface area contributed by atoms with Gasteiger partial charge in [-0.1, -0.05) is 0 Å². The van der Waals surface area contributed by atoms with Crippen LogP contribution in [0.3, 0.4) is 0 Å². The molecule has 3 nitrogen and oxygen atoms in total. The number of piperazine rings is 1. The van der Waals surface area contributed by atoms with E-state index in [0.717, 1.165) is 33.3 Å². The minimum atomic E-state index is 1.00. The Kier molecular flexibility index (Phi) is 6.78. The van der Waals surface area contributed by atoms with Gasteiger partial charge in [-0.2, -0.15) is 0 Å². The maximum Gasteiger partial charge on any atom is 0.0319 e. The van der Waals surface area contributed by atoms with Crippen LogP contribution in [0.15, 0.2) is 0 Å². The quantitative estimate of drug-likeness (QED) is 0.374. The van der Waals surface area contributed by atoms with E-state index < -0.39 is 0 Å². The lowest BCUT2D eigenvalue weighted by molar-refractivity contribution is 0.399. The van der Waals surface area contributed by atoms with Gasteiger partial charge in [-0.05, 0) is 0 Å². The Morgan fingerprint density at radius 1 is 0.875 bits per heavy atom. The van der Waals surface area contributed by atoms with E-state index in [-0.39, 0.29) is 0 Å². The van der Waals surface area contributed by atoms with Crippen molar-refractivity contribution in [1.29, 1.82) is 0 Å². The summed E-state index contributed by atoms with van der Waals surface area (Å²) >= 11 is 0. The molecule has 1 aliphatic rings. The molecule has 1 heterocycles. The Labute approximate surface area is 50.1 Å². The summed E-state index contributed by atoms with van der Waals surface area (Å²) in [7, 11) is 1.00. The minimum Gasteiger partial charge on any atom is -0.400 e. The van der Waals surface area contributed by atoms with Crippen LogP contribution in [-0.2, 0) is 0 Å². The maximum absolute atomic E-state index is 7.00. The molecule has 0 atom stereocenters. The summed E-state index contributed by atoms with van der Waals surface area (Å²) in [5.41, 5.74) is 0. The SMILES string of the molecule is C1CNCCN1.CO. The van der Waals surface area contributed by atoms with Gasteiger partial charge in [0.15, 0.2) is 0 Å². The first-order valence-electron chi connectivity index (χ1n) is 2.86. The number of aliphatic hydroxyl groups excluding tert-OH is 1. The summed E-state index contributed by atoms with van der Waals surface area (Å²) in [6, 6.07) is 0. The van der Waals surface area contributed by atoms with Crippen LogP contribution >= 0.6 is 0 Å². The van der Waals surface area contributed by atoms with Crippen molar-refractivity contribution >= 4 is 0 Å². The molecule has 0 aromatic heterocycles. The second kappa shape index (κ2) is 6.88. The molecule has 0 aromatic carbocycles. The van der Waals surface area contributed by atoms with Crippen LogP contribution in [0, 0.1) is 0 Å². The van der Waals surface area contributed by atoms with E-state index in [0.29, 0.717) is 0 Å². The maximum atomic E-state index is 7.00. The Hall–Kier alpha value is -0.120. The van der Waals surface area contributed by atoms with E-state index in [1.165, 1.54) is 0 Å². The summed E-state index contributed by atoms with van der Waals surface area (Å²) in [6.45, 7) is 4.56. The predicted molar refractivity (Wildman–Crippen MR) is 33.9 cm³/mol. The van der Waals surface area contributed by atoms with E-state index in [2.05, 4.69) is 10.6 Å². The van der Waals surface area contributed by atoms with Gasteiger partial charge in [0.1, 0.15) is 0 Å². The molecule has 1 saturated heterocycles. The van der Waals surface area contributed by atoms with E-state index in [1.54, 1.807) is 0 Å². The van der Waals surface area contributed by atoms with Gasteiger partial charge in [0.05, 0.1) is 0 Å². The molecule has 50 valence electrons. The molecule has 0 bridgehead atoms. The average Bonchev–Trinajstić information content (AvgIpc) is 1.96. The van der Waals surface area contributed by atoms with Gasteiger partial charge in [0.25, 0.3) is 0 Å². The zero-order valence-corrected chi connectivity index (χ0v) is 5.28. The van der Waals surface area contributed by atoms with Gasteiger partial charge < -0.3 is 15.7 Å². The molecule has 0 aromatic rings. The minimum absolute atomic E-state index is 1.00. The van der Waals surface area contributed by atoms with Gasteiger partial charge in [0, 0.05) is 33.3 Å². The normalized spacial score (nSPS) is 18.8. The molecule has 0 radical (unpaired) electrons. The van der Waals surface area contributed by atoms with Crippen LogP contribution in [0.2, 0.25) is 0 Å². The average molecular weight is 118 g/mol. The Bertz CT molecular complexity index is 25.9. The molecule has 1 rings (SSSR count). The molecule has 0 aliphatic carbocycles. The van der Waals surface area contributed by atoms with Crippen molar-refractivity contribution in [3.63, 3.8) is 0 Å². The smallest absolute Gasteiger partial charge is 0.0319 e. The largest absolute Gasteiger partial charge is 0.400 e. The highest BCUT2D eigenvalue weighted by atomic mass is 16.2. The number of rotatable bonds is 0. The highest BCUT2D eigenvalue weighted by Crippen LogP contribution is 1.65. The fourth-order valence-electron chi connectivity index (χ4n) is 0.604. The highest BCUT2D eigenvalue weighted by Gasteiger charge is 1.91. The highest BCUT2D eigenvalue weighted by molar-refractivity contribution is 4.59. The zero-order valence-electron chi connectivity index (χ0n) is 5.28. The molecule has 1 aliphatic heterocycles. The van der Waals surface area contributed by atoms with Crippen LogP contribution < -0.4 is 10.6 Å². The zero-order chi connectivity index (χ0) is 6.24. The molecule has 8 heavy (non-hydrogen) atoms. The standard InChI is InChI=1S/C4H10N2.CH4O/c1-2-6-4-3-5-1;1-2/h5-6H,1-4H2;2H,1H3. The van der Waals surface area contributed by atoms with Gasteiger partial charge in [0.2, 0.25) is 0 Å². The van der Waals surface area contributed by atoms with Crippen molar-refractivity contribution in [2.24, 2.45) is 0 Å². The third kappa shape index (κ3) is 4.05. The van der Waals surface area contributed by atoms with Gasteiger partial charge in [-0.3, -0.25) is 0 Å². The predicted octanol–water partition coefficient (Wildman–Crippen LogP) is -1.21. The second-order valence-corrected chi connectivity index (χ2v) is 1.50. The lowest BCUT2D eigenvalue weighted by Gasteiger charge is -2.11. The van der Waals surface area contributed by atoms with Crippen molar-refractivity contribution < 1.29 is 5.11 Å². The third-order valence-electron chi connectivity index (χ3n) is 0.957. The first-order valence-corrected chi connectivity index (χ1v) is 2.86. The number of hydrogen-bond donors (Lipinski definition) is 3. The van der Waals surface area contributed by atoms with Crippen LogP contribution in [0.25, 0.3) is 0 Å². The molecule has 1 fully saturated rings. The van der Waals surface area contributed by atoms with Crippen molar-refractivity contribution in [2.75, 3.05) is 33.3 Å². The Balaban J connectivity index is 0.000000222. The Morgan fingerprint density at radius 3 is 1.25 bits per heavy atom. The molecule has 0 unspecified atom stereocenters. The van der Waals surface area contributed by atoms with Crippen molar-refractivity contribution in [1.82, 2.24) is 10.6 Å². The summed E-state index contributed by atoms with van der Waals surface area (Å²) in [6.07, 6.45) is 0. The lowest BCUT2D eigenvalue weighted by Crippen LogP contribution is -2.39. The molecule has 0 saturated carbocycles. The lowest BCUT2D eigenvalue weighted by atomic mass is 10.4. The molecule has 3 N–H and O–H groups in total. The number of hydrogen-bond acceptors (Lipinski definition) is 3. The first kappa shape index (κ1) is 7.88. The van der Waals surface area contributed by atoms with Crippen LogP contribution in [0.4, 0.5) is 0 Å². The monoisotopic (exact) mass is 118 g/mol. The van der Waals surface area contributed by atoms with Crippen LogP contribution in [0.1, 0.15) is 0 Å². The fourth-order valence-corrected chi connectivity index (χ4v) is 0.604. The van der Waals surface area contributed by atoms with Crippen LogP contribution in [0.5, 0.6) is 0 Å². The summed E-state index contributed by atoms with van der Waals surface area (Å²) in [5.74, 6) is 0. The van der Waals surface area contributed by atoms with Crippen molar-refractivity contribution in [3.8, 4) is 0 Å². The van der Waals surface area contributed by atoms with E-state index in [9.17, 15) is 0 Å². The summed E-state index contributed by atoms with van der Waals surface area (Å²) in [4.78, 5) is 0. The number of nitrogens with one attached hydrogen (secondary N) is 2. The molecule has 3 heteroatoms.